The highest BCUT2D eigenvalue weighted by atomic mass is 32.2. The molecule has 1 amide bonds. The molecule has 5 nitrogen and oxygen atoms in total. The number of halogens is 2. The van der Waals surface area contributed by atoms with Gasteiger partial charge in [0.05, 0.1) is 5.69 Å². The Bertz CT molecular complexity index is 891. The first-order valence-electron chi connectivity index (χ1n) is 7.73. The smallest absolute Gasteiger partial charge is 0.267 e. The summed E-state index contributed by atoms with van der Waals surface area (Å²) in [6, 6.07) is 4.04. The van der Waals surface area contributed by atoms with Gasteiger partial charge >= 0.3 is 0 Å². The van der Waals surface area contributed by atoms with Crippen LogP contribution in [-0.2, 0) is 10.0 Å². The first-order valence-corrected chi connectivity index (χ1v) is 10.1. The molecule has 0 unspecified atom stereocenters. The molecule has 0 bridgehead atoms. The number of carbonyl (C=O) groups is 1. The number of hydrogen-bond acceptors (Lipinski definition) is 4. The number of hydrogen-bond donors (Lipinski definition) is 1. The first kappa shape index (κ1) is 18.0. The van der Waals surface area contributed by atoms with Crippen molar-refractivity contribution in [3.05, 3.63) is 46.2 Å². The van der Waals surface area contributed by atoms with Crippen LogP contribution >= 0.6 is 11.3 Å². The number of carbonyl (C=O) groups excluding carboxylic acids is 1. The lowest BCUT2D eigenvalue weighted by molar-refractivity contribution is 0.102. The van der Waals surface area contributed by atoms with E-state index >= 15 is 0 Å². The molecule has 2 heterocycles. The molecule has 0 saturated carbocycles. The zero-order valence-corrected chi connectivity index (χ0v) is 14.8. The van der Waals surface area contributed by atoms with Crippen LogP contribution in [0, 0.1) is 11.6 Å². The second kappa shape index (κ2) is 7.19. The van der Waals surface area contributed by atoms with Crippen molar-refractivity contribution in [2.24, 2.45) is 0 Å². The molecule has 0 atom stereocenters. The van der Waals surface area contributed by atoms with Gasteiger partial charge in [-0.05, 0) is 36.4 Å². The van der Waals surface area contributed by atoms with Crippen molar-refractivity contribution in [2.75, 3.05) is 18.4 Å². The SMILES string of the molecule is O=C(Nc1cc(F)ccc1F)c1sccc1S(=O)(=O)N1CCCCC1. The average Bonchev–Trinajstić information content (AvgIpc) is 3.09. The lowest BCUT2D eigenvalue weighted by Gasteiger charge is -2.25. The van der Waals surface area contributed by atoms with E-state index in [1.54, 1.807) is 0 Å². The van der Waals surface area contributed by atoms with Gasteiger partial charge in [-0.15, -0.1) is 11.3 Å². The summed E-state index contributed by atoms with van der Waals surface area (Å²) in [6.45, 7) is 0.829. The molecule has 3 rings (SSSR count). The van der Waals surface area contributed by atoms with Gasteiger partial charge in [-0.3, -0.25) is 4.79 Å². The van der Waals surface area contributed by atoms with Crippen molar-refractivity contribution in [2.45, 2.75) is 24.2 Å². The topological polar surface area (TPSA) is 66.5 Å². The van der Waals surface area contributed by atoms with Crippen LogP contribution in [0.15, 0.2) is 34.5 Å². The molecule has 1 aliphatic heterocycles. The molecular formula is C16H16F2N2O3S2. The number of nitrogens with one attached hydrogen (secondary N) is 1. The number of benzene rings is 1. The van der Waals surface area contributed by atoms with E-state index in [-0.39, 0.29) is 15.5 Å². The van der Waals surface area contributed by atoms with Crippen LogP contribution in [0.3, 0.4) is 0 Å². The van der Waals surface area contributed by atoms with Crippen molar-refractivity contribution < 1.29 is 22.0 Å². The predicted molar refractivity (Wildman–Crippen MR) is 91.2 cm³/mol. The Kier molecular flexibility index (Phi) is 5.16. The molecule has 1 N–H and O–H groups in total. The van der Waals surface area contributed by atoms with Crippen LogP contribution in [0.5, 0.6) is 0 Å². The van der Waals surface area contributed by atoms with Gasteiger partial charge in [0.15, 0.2) is 0 Å². The van der Waals surface area contributed by atoms with Gasteiger partial charge < -0.3 is 5.32 Å². The second-order valence-corrected chi connectivity index (χ2v) is 8.48. The van der Waals surface area contributed by atoms with E-state index in [0.717, 1.165) is 48.8 Å². The fourth-order valence-electron chi connectivity index (χ4n) is 2.68. The van der Waals surface area contributed by atoms with Crippen LogP contribution < -0.4 is 5.32 Å². The van der Waals surface area contributed by atoms with Crippen molar-refractivity contribution in [1.82, 2.24) is 4.31 Å². The summed E-state index contributed by atoms with van der Waals surface area (Å²) in [5.41, 5.74) is -0.334. The molecule has 25 heavy (non-hydrogen) atoms. The molecule has 0 aliphatic carbocycles. The molecule has 1 aliphatic rings. The van der Waals surface area contributed by atoms with E-state index in [9.17, 15) is 22.0 Å². The predicted octanol–water partition coefficient (Wildman–Crippen LogP) is 3.45. The molecule has 134 valence electrons. The van der Waals surface area contributed by atoms with E-state index in [0.29, 0.717) is 13.1 Å². The van der Waals surface area contributed by atoms with E-state index in [2.05, 4.69) is 5.32 Å². The fourth-order valence-corrected chi connectivity index (χ4v) is 5.50. The van der Waals surface area contributed by atoms with Gasteiger partial charge in [-0.25, -0.2) is 17.2 Å². The zero-order chi connectivity index (χ0) is 18.0. The number of piperidine rings is 1. The molecular weight excluding hydrogens is 370 g/mol. The largest absolute Gasteiger partial charge is 0.319 e. The highest BCUT2D eigenvalue weighted by Crippen LogP contribution is 2.28. The van der Waals surface area contributed by atoms with Gasteiger partial charge in [0, 0.05) is 19.2 Å². The van der Waals surface area contributed by atoms with Crippen LogP contribution in [0.1, 0.15) is 28.9 Å². The average molecular weight is 386 g/mol. The maximum atomic E-state index is 13.7. The highest BCUT2D eigenvalue weighted by Gasteiger charge is 2.31. The third-order valence-corrected chi connectivity index (χ3v) is 6.93. The maximum Gasteiger partial charge on any atom is 0.267 e. The highest BCUT2D eigenvalue weighted by molar-refractivity contribution is 7.89. The second-order valence-electron chi connectivity index (χ2n) is 5.66. The summed E-state index contributed by atoms with van der Waals surface area (Å²) in [7, 11) is -3.79. The van der Waals surface area contributed by atoms with Crippen molar-refractivity contribution >= 4 is 33.0 Å². The van der Waals surface area contributed by atoms with Gasteiger partial charge in [-0.2, -0.15) is 4.31 Å². The molecule has 1 aromatic heterocycles. The monoisotopic (exact) mass is 386 g/mol. The van der Waals surface area contributed by atoms with Crippen molar-refractivity contribution in [3.63, 3.8) is 0 Å². The summed E-state index contributed by atoms with van der Waals surface area (Å²) in [4.78, 5) is 12.3. The number of amides is 1. The van der Waals surface area contributed by atoms with Crippen LogP contribution in [0.2, 0.25) is 0 Å². The minimum Gasteiger partial charge on any atom is -0.319 e. The summed E-state index contributed by atoms with van der Waals surface area (Å²) < 4.78 is 53.8. The number of thiophene rings is 1. The Labute approximate surface area is 148 Å². The summed E-state index contributed by atoms with van der Waals surface area (Å²) in [5, 5.41) is 3.74. The molecule has 9 heteroatoms. The van der Waals surface area contributed by atoms with E-state index in [1.807, 2.05) is 0 Å². The Hall–Kier alpha value is -1.84. The fraction of sp³-hybridized carbons (Fsp3) is 0.312. The Morgan fingerprint density at radius 3 is 2.56 bits per heavy atom. The summed E-state index contributed by atoms with van der Waals surface area (Å²) in [5.74, 6) is -2.29. The van der Waals surface area contributed by atoms with E-state index < -0.39 is 27.6 Å². The van der Waals surface area contributed by atoms with Crippen LogP contribution in [-0.4, -0.2) is 31.7 Å². The number of rotatable bonds is 4. The molecule has 1 aromatic carbocycles. The van der Waals surface area contributed by atoms with E-state index in [4.69, 9.17) is 0 Å². The van der Waals surface area contributed by atoms with Crippen molar-refractivity contribution in [3.8, 4) is 0 Å². The summed E-state index contributed by atoms with van der Waals surface area (Å²) >= 11 is 0.944. The Balaban J connectivity index is 1.88. The standard InChI is InChI=1S/C16H16F2N2O3S2/c17-11-4-5-12(18)13(10-11)19-16(21)15-14(6-9-24-15)25(22,23)20-7-2-1-3-8-20/h4-6,9-10H,1-3,7-8H2,(H,19,21). The number of nitrogens with zero attached hydrogens (tertiary/aromatic N) is 1. The summed E-state index contributed by atoms with van der Waals surface area (Å²) in [6.07, 6.45) is 2.53. The van der Waals surface area contributed by atoms with Gasteiger partial charge in [0.2, 0.25) is 10.0 Å². The lowest BCUT2D eigenvalue weighted by atomic mass is 10.2. The van der Waals surface area contributed by atoms with Crippen molar-refractivity contribution in [1.29, 1.82) is 0 Å². The zero-order valence-electron chi connectivity index (χ0n) is 13.2. The quantitative estimate of drug-likeness (QED) is 0.875. The number of sulfonamides is 1. The van der Waals surface area contributed by atoms with Gasteiger partial charge in [-0.1, -0.05) is 6.42 Å². The lowest BCUT2D eigenvalue weighted by Crippen LogP contribution is -2.36. The minimum atomic E-state index is -3.79. The third kappa shape index (κ3) is 3.73. The molecule has 2 aromatic rings. The van der Waals surface area contributed by atoms with E-state index in [1.165, 1.54) is 15.8 Å². The minimum absolute atomic E-state index is 0.0470. The normalized spacial score (nSPS) is 15.9. The molecule has 0 radical (unpaired) electrons. The van der Waals surface area contributed by atoms with Gasteiger partial charge in [0.1, 0.15) is 21.4 Å². The Morgan fingerprint density at radius 1 is 1.12 bits per heavy atom. The first-order chi connectivity index (χ1) is 11.9. The van der Waals surface area contributed by atoms with Crippen LogP contribution in [0.4, 0.5) is 14.5 Å². The Morgan fingerprint density at radius 2 is 1.84 bits per heavy atom. The van der Waals surface area contributed by atoms with Gasteiger partial charge in [0.25, 0.3) is 5.91 Å². The third-order valence-electron chi connectivity index (χ3n) is 3.94. The molecule has 1 saturated heterocycles. The molecule has 0 spiro atoms. The maximum absolute atomic E-state index is 13.7. The molecule has 1 fully saturated rings. The van der Waals surface area contributed by atoms with Crippen LogP contribution in [0.25, 0.3) is 0 Å². The number of anilines is 1.